The first-order valence-electron chi connectivity index (χ1n) is 8.91. The van der Waals surface area contributed by atoms with Gasteiger partial charge in [-0.05, 0) is 18.2 Å². The van der Waals surface area contributed by atoms with E-state index in [2.05, 4.69) is 48.8 Å². The number of hydrogen-bond donors (Lipinski definition) is 2. The van der Waals surface area contributed by atoms with E-state index in [-0.39, 0.29) is 0 Å². The molecule has 9 heteroatoms. The van der Waals surface area contributed by atoms with Crippen LogP contribution >= 0.6 is 11.3 Å². The fourth-order valence-corrected chi connectivity index (χ4v) is 3.81. The second-order valence-electron chi connectivity index (χ2n) is 6.19. The van der Waals surface area contributed by atoms with Crippen molar-refractivity contribution in [3.05, 3.63) is 18.2 Å². The summed E-state index contributed by atoms with van der Waals surface area (Å²) in [6, 6.07) is 6.56. The summed E-state index contributed by atoms with van der Waals surface area (Å²) in [4.78, 5) is 4.75. The summed E-state index contributed by atoms with van der Waals surface area (Å²) < 4.78 is 11.0. The Hall–Kier alpha value is -2.10. The van der Waals surface area contributed by atoms with Crippen LogP contribution in [0.15, 0.2) is 18.2 Å². The summed E-state index contributed by atoms with van der Waals surface area (Å²) in [6.45, 7) is 6.70. The van der Waals surface area contributed by atoms with Gasteiger partial charge < -0.3 is 29.9 Å². The SMILES string of the molecule is CNc1nnc(Nc2ccc(N3CCOCC3)cc2N2CCOCC2)s1. The second-order valence-corrected chi connectivity index (χ2v) is 7.17. The highest BCUT2D eigenvalue weighted by atomic mass is 32.1. The van der Waals surface area contributed by atoms with Crippen molar-refractivity contribution in [3.8, 4) is 0 Å². The number of anilines is 5. The van der Waals surface area contributed by atoms with Crippen molar-refractivity contribution in [2.24, 2.45) is 0 Å². The van der Waals surface area contributed by atoms with Crippen LogP contribution in [0.2, 0.25) is 0 Å². The summed E-state index contributed by atoms with van der Waals surface area (Å²) in [7, 11) is 1.85. The Morgan fingerprint density at radius 2 is 1.58 bits per heavy atom. The zero-order valence-electron chi connectivity index (χ0n) is 14.9. The van der Waals surface area contributed by atoms with E-state index in [4.69, 9.17) is 9.47 Å². The van der Waals surface area contributed by atoms with E-state index in [9.17, 15) is 0 Å². The third kappa shape index (κ3) is 3.84. The van der Waals surface area contributed by atoms with Gasteiger partial charge in [0.25, 0.3) is 0 Å². The molecule has 2 fully saturated rings. The number of nitrogens with zero attached hydrogens (tertiary/aromatic N) is 4. The van der Waals surface area contributed by atoms with Crippen LogP contribution in [0.1, 0.15) is 0 Å². The van der Waals surface area contributed by atoms with Crippen molar-refractivity contribution in [2.45, 2.75) is 0 Å². The molecule has 140 valence electrons. The molecule has 26 heavy (non-hydrogen) atoms. The molecular formula is C17H24N6O2S. The van der Waals surface area contributed by atoms with Gasteiger partial charge in [0.15, 0.2) is 0 Å². The van der Waals surface area contributed by atoms with Crippen LogP contribution in [-0.4, -0.2) is 69.9 Å². The molecule has 2 N–H and O–H groups in total. The van der Waals surface area contributed by atoms with E-state index in [0.717, 1.165) is 68.6 Å². The van der Waals surface area contributed by atoms with Gasteiger partial charge in [-0.25, -0.2) is 0 Å². The van der Waals surface area contributed by atoms with Gasteiger partial charge in [0.05, 0.1) is 37.8 Å². The molecule has 2 saturated heterocycles. The van der Waals surface area contributed by atoms with E-state index in [1.54, 1.807) is 0 Å². The molecule has 2 aliphatic rings. The van der Waals surface area contributed by atoms with Crippen molar-refractivity contribution in [3.63, 3.8) is 0 Å². The van der Waals surface area contributed by atoms with E-state index in [0.29, 0.717) is 0 Å². The topological polar surface area (TPSA) is 74.8 Å². The molecule has 1 aromatic heterocycles. The van der Waals surface area contributed by atoms with Crippen LogP contribution in [0.3, 0.4) is 0 Å². The molecule has 3 heterocycles. The summed E-state index contributed by atoms with van der Waals surface area (Å²) in [5.74, 6) is 0. The van der Waals surface area contributed by atoms with Gasteiger partial charge in [-0.3, -0.25) is 0 Å². The number of aromatic nitrogens is 2. The maximum atomic E-state index is 5.53. The molecule has 8 nitrogen and oxygen atoms in total. The third-order valence-electron chi connectivity index (χ3n) is 4.59. The molecule has 0 aliphatic carbocycles. The summed E-state index contributed by atoms with van der Waals surface area (Å²) in [6.07, 6.45) is 0. The number of rotatable bonds is 5. The molecule has 0 atom stereocenters. The van der Waals surface area contributed by atoms with Gasteiger partial charge in [0.1, 0.15) is 0 Å². The fraction of sp³-hybridized carbons (Fsp3) is 0.529. The highest BCUT2D eigenvalue weighted by Crippen LogP contribution is 2.35. The number of hydrogen-bond acceptors (Lipinski definition) is 9. The minimum Gasteiger partial charge on any atom is -0.378 e. The molecule has 0 saturated carbocycles. The van der Waals surface area contributed by atoms with E-state index < -0.39 is 0 Å². The lowest BCUT2D eigenvalue weighted by atomic mass is 10.2. The Morgan fingerprint density at radius 3 is 2.23 bits per heavy atom. The van der Waals surface area contributed by atoms with E-state index in [1.165, 1.54) is 22.7 Å². The molecule has 2 aromatic rings. The minimum atomic E-state index is 0.754. The van der Waals surface area contributed by atoms with Gasteiger partial charge in [-0.2, -0.15) is 0 Å². The van der Waals surface area contributed by atoms with Gasteiger partial charge in [-0.1, -0.05) is 11.3 Å². The van der Waals surface area contributed by atoms with Crippen LogP contribution < -0.4 is 20.4 Å². The van der Waals surface area contributed by atoms with Crippen molar-refractivity contribution in [1.29, 1.82) is 0 Å². The molecule has 0 radical (unpaired) electrons. The summed E-state index contributed by atoms with van der Waals surface area (Å²) in [5, 5.41) is 16.3. The Balaban J connectivity index is 1.62. The average Bonchev–Trinajstić information content (AvgIpc) is 3.17. The van der Waals surface area contributed by atoms with Crippen LogP contribution in [0, 0.1) is 0 Å². The van der Waals surface area contributed by atoms with Gasteiger partial charge >= 0.3 is 0 Å². The smallest absolute Gasteiger partial charge is 0.211 e. The van der Waals surface area contributed by atoms with Crippen molar-refractivity contribution in [2.75, 3.05) is 80.1 Å². The largest absolute Gasteiger partial charge is 0.378 e. The Kier molecular flexibility index (Phi) is 5.37. The zero-order valence-corrected chi connectivity index (χ0v) is 15.7. The number of ether oxygens (including phenoxy) is 2. The molecule has 1 aromatic carbocycles. The number of benzene rings is 1. The predicted molar refractivity (Wildman–Crippen MR) is 105 cm³/mol. The van der Waals surface area contributed by atoms with Crippen LogP contribution in [-0.2, 0) is 9.47 Å². The quantitative estimate of drug-likeness (QED) is 0.821. The first kappa shape index (κ1) is 17.3. The second kappa shape index (κ2) is 8.07. The van der Waals surface area contributed by atoms with Gasteiger partial charge in [0.2, 0.25) is 10.3 Å². The molecule has 4 rings (SSSR count). The Labute approximate surface area is 157 Å². The lowest BCUT2D eigenvalue weighted by Crippen LogP contribution is -2.38. The standard InChI is InChI=1S/C17H24N6O2S/c1-18-16-20-21-17(26-16)19-14-3-2-13(22-4-8-24-9-5-22)12-15(14)23-6-10-25-11-7-23/h2-3,12H,4-11H2,1H3,(H,18,20)(H,19,21). The number of nitrogens with one attached hydrogen (secondary N) is 2. The first-order chi connectivity index (χ1) is 12.8. The summed E-state index contributed by atoms with van der Waals surface area (Å²) in [5.41, 5.74) is 3.45. The lowest BCUT2D eigenvalue weighted by Gasteiger charge is -2.33. The normalized spacial score (nSPS) is 18.0. The minimum absolute atomic E-state index is 0.754. The Morgan fingerprint density at radius 1 is 0.923 bits per heavy atom. The van der Waals surface area contributed by atoms with Crippen molar-refractivity contribution >= 4 is 38.7 Å². The average molecular weight is 376 g/mol. The number of morpholine rings is 2. The van der Waals surface area contributed by atoms with Crippen molar-refractivity contribution in [1.82, 2.24) is 10.2 Å². The maximum absolute atomic E-state index is 5.53. The highest BCUT2D eigenvalue weighted by molar-refractivity contribution is 7.19. The highest BCUT2D eigenvalue weighted by Gasteiger charge is 2.19. The predicted octanol–water partition coefficient (Wildman–Crippen LogP) is 2.00. The first-order valence-corrected chi connectivity index (χ1v) is 9.73. The monoisotopic (exact) mass is 376 g/mol. The molecular weight excluding hydrogens is 352 g/mol. The van der Waals surface area contributed by atoms with Crippen LogP contribution in [0.4, 0.5) is 27.3 Å². The third-order valence-corrected chi connectivity index (χ3v) is 5.45. The molecule has 2 aliphatic heterocycles. The van der Waals surface area contributed by atoms with Gasteiger partial charge in [0, 0.05) is 38.9 Å². The van der Waals surface area contributed by atoms with Crippen LogP contribution in [0.25, 0.3) is 0 Å². The molecule has 0 unspecified atom stereocenters. The lowest BCUT2D eigenvalue weighted by molar-refractivity contribution is 0.122. The molecule has 0 bridgehead atoms. The maximum Gasteiger partial charge on any atom is 0.211 e. The van der Waals surface area contributed by atoms with Crippen LogP contribution in [0.5, 0.6) is 0 Å². The fourth-order valence-electron chi connectivity index (χ4n) is 3.20. The van der Waals surface area contributed by atoms with Crippen molar-refractivity contribution < 1.29 is 9.47 Å². The van der Waals surface area contributed by atoms with E-state index in [1.807, 2.05) is 7.05 Å². The van der Waals surface area contributed by atoms with E-state index >= 15 is 0 Å². The zero-order chi connectivity index (χ0) is 17.8. The summed E-state index contributed by atoms with van der Waals surface area (Å²) >= 11 is 1.50. The molecule has 0 amide bonds. The van der Waals surface area contributed by atoms with Gasteiger partial charge in [-0.15, -0.1) is 10.2 Å². The Bertz CT molecular complexity index is 728. The molecule has 0 spiro atoms.